The maximum absolute atomic E-state index is 12.8. The first-order chi connectivity index (χ1) is 16.1. The number of hydrogen-bond donors (Lipinski definition) is 1. The predicted octanol–water partition coefficient (Wildman–Crippen LogP) is 2.52. The Hall–Kier alpha value is -3.19. The lowest BCUT2D eigenvalue weighted by Gasteiger charge is -2.39. The van der Waals surface area contributed by atoms with Gasteiger partial charge in [0.15, 0.2) is 0 Å². The van der Waals surface area contributed by atoms with Gasteiger partial charge in [-0.05, 0) is 54.7 Å². The molecular weight excluding hydrogens is 414 g/mol. The Morgan fingerprint density at radius 2 is 1.85 bits per heavy atom. The van der Waals surface area contributed by atoms with E-state index in [2.05, 4.69) is 26.2 Å². The third-order valence-corrected chi connectivity index (χ3v) is 6.51. The molecular formula is C26H33N5O2. The summed E-state index contributed by atoms with van der Waals surface area (Å²) in [5.41, 5.74) is 1.52. The second-order valence-electron chi connectivity index (χ2n) is 8.80. The highest BCUT2D eigenvalue weighted by Crippen LogP contribution is 2.20. The second kappa shape index (κ2) is 11.1. The van der Waals surface area contributed by atoms with Crippen LogP contribution in [0.15, 0.2) is 54.7 Å². The molecule has 1 atom stereocenters. The average molecular weight is 448 g/mol. The van der Waals surface area contributed by atoms with Gasteiger partial charge in [0.05, 0.1) is 0 Å². The zero-order valence-electron chi connectivity index (χ0n) is 19.3. The van der Waals surface area contributed by atoms with Crippen molar-refractivity contribution in [3.8, 4) is 0 Å². The molecule has 2 aliphatic heterocycles. The quantitative estimate of drug-likeness (QED) is 0.690. The smallest absolute Gasteiger partial charge is 0.251 e. The van der Waals surface area contributed by atoms with Crippen LogP contribution in [-0.4, -0.2) is 79.5 Å². The van der Waals surface area contributed by atoms with E-state index >= 15 is 0 Å². The van der Waals surface area contributed by atoms with E-state index < -0.39 is 0 Å². The summed E-state index contributed by atoms with van der Waals surface area (Å²) < 4.78 is 0. The van der Waals surface area contributed by atoms with Crippen LogP contribution in [0, 0.1) is 5.92 Å². The van der Waals surface area contributed by atoms with Gasteiger partial charge in [0.2, 0.25) is 5.91 Å². The summed E-state index contributed by atoms with van der Waals surface area (Å²) in [6.45, 7) is 6.74. The third kappa shape index (κ3) is 6.20. The van der Waals surface area contributed by atoms with Crippen LogP contribution in [-0.2, 0) is 4.79 Å². The molecule has 4 rings (SSSR count). The number of nitrogens with one attached hydrogen (secondary N) is 1. The summed E-state index contributed by atoms with van der Waals surface area (Å²) in [4.78, 5) is 35.8. The number of anilines is 1. The molecule has 2 fully saturated rings. The van der Waals surface area contributed by atoms with Crippen molar-refractivity contribution in [3.63, 3.8) is 0 Å². The van der Waals surface area contributed by atoms with Crippen LogP contribution in [0.25, 0.3) is 6.08 Å². The van der Waals surface area contributed by atoms with Crippen molar-refractivity contribution in [3.05, 3.63) is 65.9 Å². The van der Waals surface area contributed by atoms with Crippen LogP contribution in [0.4, 0.5) is 5.82 Å². The zero-order chi connectivity index (χ0) is 23.0. The normalized spacial score (nSPS) is 19.6. The lowest BCUT2D eigenvalue weighted by atomic mass is 9.97. The number of hydrogen-bond acceptors (Lipinski definition) is 5. The topological polar surface area (TPSA) is 68.8 Å². The number of carbonyl (C=O) groups is 2. The lowest BCUT2D eigenvalue weighted by molar-refractivity contribution is -0.127. The van der Waals surface area contributed by atoms with Crippen LogP contribution < -0.4 is 10.2 Å². The minimum atomic E-state index is -0.112. The molecule has 2 aliphatic rings. The van der Waals surface area contributed by atoms with Crippen LogP contribution in [0.3, 0.4) is 0 Å². The molecule has 0 saturated carbocycles. The third-order valence-electron chi connectivity index (χ3n) is 6.51. The summed E-state index contributed by atoms with van der Waals surface area (Å²) in [5, 5.41) is 2.61. The standard InChI is InChI=1S/C26H33N5O2/c1-27-26(33)23-10-7-21(8-11-23)9-12-25(32)31-14-4-5-22(20-31)19-29-15-17-30(18-16-29)24-6-2-3-13-28-24/h2-3,6-13,22H,4-5,14-20H2,1H3,(H,27,33)/b12-9+. The van der Waals surface area contributed by atoms with E-state index in [9.17, 15) is 9.59 Å². The predicted molar refractivity (Wildman–Crippen MR) is 131 cm³/mol. The Kier molecular flexibility index (Phi) is 7.73. The first-order valence-corrected chi connectivity index (χ1v) is 11.8. The number of aromatic nitrogens is 1. The van der Waals surface area contributed by atoms with Crippen molar-refractivity contribution in [2.45, 2.75) is 12.8 Å². The minimum absolute atomic E-state index is 0.0649. The summed E-state index contributed by atoms with van der Waals surface area (Å²) in [6.07, 6.45) is 7.57. The van der Waals surface area contributed by atoms with Crippen LogP contribution in [0.2, 0.25) is 0 Å². The minimum Gasteiger partial charge on any atom is -0.355 e. The molecule has 2 aromatic rings. The van der Waals surface area contributed by atoms with Gasteiger partial charge in [0, 0.05) is 70.7 Å². The Labute approximate surface area is 196 Å². The molecule has 1 N–H and O–H groups in total. The summed E-state index contributed by atoms with van der Waals surface area (Å²) in [7, 11) is 1.61. The number of carbonyl (C=O) groups excluding carboxylic acids is 2. The Morgan fingerprint density at radius 1 is 1.06 bits per heavy atom. The number of piperidine rings is 1. The van der Waals surface area contributed by atoms with E-state index in [1.165, 1.54) is 6.42 Å². The van der Waals surface area contributed by atoms with Gasteiger partial charge in [-0.25, -0.2) is 4.98 Å². The molecule has 0 bridgehead atoms. The molecule has 1 aromatic heterocycles. The number of nitrogens with zero attached hydrogens (tertiary/aromatic N) is 4. The van der Waals surface area contributed by atoms with E-state index in [0.29, 0.717) is 11.5 Å². The molecule has 7 heteroatoms. The summed E-state index contributed by atoms with van der Waals surface area (Å²) in [6, 6.07) is 13.3. The molecule has 33 heavy (non-hydrogen) atoms. The van der Waals surface area contributed by atoms with Crippen molar-refractivity contribution in [1.82, 2.24) is 20.1 Å². The number of rotatable bonds is 6. The SMILES string of the molecule is CNC(=O)c1ccc(/C=C/C(=O)N2CCCC(CN3CCN(c4ccccn4)CC3)C2)cc1. The highest BCUT2D eigenvalue weighted by Gasteiger charge is 2.26. The van der Waals surface area contributed by atoms with Gasteiger partial charge < -0.3 is 15.1 Å². The van der Waals surface area contributed by atoms with E-state index in [-0.39, 0.29) is 11.8 Å². The first kappa shape index (κ1) is 23.0. The summed E-state index contributed by atoms with van der Waals surface area (Å²) >= 11 is 0. The highest BCUT2D eigenvalue weighted by atomic mass is 16.2. The monoisotopic (exact) mass is 447 g/mol. The Bertz CT molecular complexity index is 952. The van der Waals surface area contributed by atoms with E-state index in [1.54, 1.807) is 25.3 Å². The van der Waals surface area contributed by atoms with Gasteiger partial charge in [-0.2, -0.15) is 0 Å². The molecule has 2 amide bonds. The van der Waals surface area contributed by atoms with Gasteiger partial charge in [0.25, 0.3) is 5.91 Å². The number of benzene rings is 1. The van der Waals surface area contributed by atoms with Crippen molar-refractivity contribution < 1.29 is 9.59 Å². The zero-order valence-corrected chi connectivity index (χ0v) is 19.3. The Balaban J connectivity index is 1.25. The maximum atomic E-state index is 12.8. The average Bonchev–Trinajstić information content (AvgIpc) is 2.88. The number of piperazine rings is 1. The fourth-order valence-electron chi connectivity index (χ4n) is 4.64. The van der Waals surface area contributed by atoms with Gasteiger partial charge in [-0.3, -0.25) is 14.5 Å². The molecule has 1 unspecified atom stereocenters. The lowest BCUT2D eigenvalue weighted by Crippen LogP contribution is -2.50. The number of pyridine rings is 1. The van der Waals surface area contributed by atoms with Gasteiger partial charge in [-0.1, -0.05) is 18.2 Å². The first-order valence-electron chi connectivity index (χ1n) is 11.8. The molecule has 0 radical (unpaired) electrons. The van der Waals surface area contributed by atoms with Gasteiger partial charge in [0.1, 0.15) is 5.82 Å². The molecule has 1 aromatic carbocycles. The molecule has 174 valence electrons. The Morgan fingerprint density at radius 3 is 2.55 bits per heavy atom. The van der Waals surface area contributed by atoms with Crippen LogP contribution in [0.5, 0.6) is 0 Å². The van der Waals surface area contributed by atoms with Gasteiger partial charge in [-0.15, -0.1) is 0 Å². The maximum Gasteiger partial charge on any atom is 0.251 e. The molecule has 7 nitrogen and oxygen atoms in total. The van der Waals surface area contributed by atoms with Crippen LogP contribution >= 0.6 is 0 Å². The van der Waals surface area contributed by atoms with E-state index in [1.807, 2.05) is 41.4 Å². The van der Waals surface area contributed by atoms with E-state index in [4.69, 9.17) is 0 Å². The molecule has 0 aliphatic carbocycles. The summed E-state index contributed by atoms with van der Waals surface area (Å²) in [5.74, 6) is 1.53. The van der Waals surface area contributed by atoms with Crippen molar-refractivity contribution in [1.29, 1.82) is 0 Å². The second-order valence-corrected chi connectivity index (χ2v) is 8.80. The fourth-order valence-corrected chi connectivity index (χ4v) is 4.64. The van der Waals surface area contributed by atoms with Gasteiger partial charge >= 0.3 is 0 Å². The molecule has 2 saturated heterocycles. The van der Waals surface area contributed by atoms with Crippen LogP contribution in [0.1, 0.15) is 28.8 Å². The number of likely N-dealkylation sites (tertiary alicyclic amines) is 1. The highest BCUT2D eigenvalue weighted by molar-refractivity contribution is 5.94. The number of amides is 2. The molecule has 3 heterocycles. The van der Waals surface area contributed by atoms with Crippen molar-refractivity contribution in [2.75, 3.05) is 57.8 Å². The van der Waals surface area contributed by atoms with E-state index in [0.717, 1.165) is 63.6 Å². The largest absolute Gasteiger partial charge is 0.355 e. The van der Waals surface area contributed by atoms with Crippen molar-refractivity contribution >= 4 is 23.7 Å². The van der Waals surface area contributed by atoms with Crippen molar-refractivity contribution in [2.24, 2.45) is 5.92 Å². The fraction of sp³-hybridized carbons (Fsp3) is 0.423. The molecule has 0 spiro atoms.